The highest BCUT2D eigenvalue weighted by Gasteiger charge is 2.29. The van der Waals surface area contributed by atoms with Crippen LogP contribution in [0.15, 0.2) is 30.5 Å². The van der Waals surface area contributed by atoms with Gasteiger partial charge in [-0.15, -0.1) is 0 Å². The maximum absolute atomic E-state index is 13.2. The second-order valence-electron chi connectivity index (χ2n) is 9.15. The van der Waals surface area contributed by atoms with Gasteiger partial charge in [-0.3, -0.25) is 4.79 Å². The lowest BCUT2D eigenvalue weighted by atomic mass is 9.97. The molecule has 0 saturated carbocycles. The summed E-state index contributed by atoms with van der Waals surface area (Å²) in [7, 11) is 1.73. The van der Waals surface area contributed by atoms with Gasteiger partial charge < -0.3 is 14.5 Å². The molecule has 2 amide bonds. The zero-order chi connectivity index (χ0) is 22.8. The third-order valence-electron chi connectivity index (χ3n) is 5.35. The van der Waals surface area contributed by atoms with Crippen molar-refractivity contribution in [2.45, 2.75) is 46.1 Å². The Bertz CT molecular complexity index is 933. The Hall–Kier alpha value is -2.90. The SMILES string of the molecule is Cc1c(C(=O)N2CCCC(CN(C)C(=O)OC(C)(C)C)C2)cnn1-c1ccc(F)cc1. The van der Waals surface area contributed by atoms with Crippen molar-refractivity contribution < 1.29 is 18.7 Å². The molecule has 1 saturated heterocycles. The van der Waals surface area contributed by atoms with Crippen LogP contribution in [-0.4, -0.2) is 63.9 Å². The van der Waals surface area contributed by atoms with Gasteiger partial charge in [-0.05, 0) is 70.7 Å². The predicted molar refractivity (Wildman–Crippen MR) is 116 cm³/mol. The quantitative estimate of drug-likeness (QED) is 0.734. The Morgan fingerprint density at radius 3 is 2.58 bits per heavy atom. The molecule has 0 spiro atoms. The normalized spacial score (nSPS) is 16.8. The molecule has 7 nitrogen and oxygen atoms in total. The molecule has 31 heavy (non-hydrogen) atoms. The van der Waals surface area contributed by atoms with E-state index in [1.54, 1.807) is 35.0 Å². The molecule has 2 heterocycles. The molecule has 1 fully saturated rings. The molecule has 2 aromatic rings. The summed E-state index contributed by atoms with van der Waals surface area (Å²) < 4.78 is 20.3. The first-order chi connectivity index (χ1) is 14.5. The van der Waals surface area contributed by atoms with E-state index in [-0.39, 0.29) is 23.7 Å². The van der Waals surface area contributed by atoms with Crippen LogP contribution in [0.25, 0.3) is 5.69 Å². The van der Waals surface area contributed by atoms with E-state index in [0.29, 0.717) is 36.6 Å². The van der Waals surface area contributed by atoms with Gasteiger partial charge in [0.25, 0.3) is 5.91 Å². The molecule has 0 N–H and O–H groups in total. The average molecular weight is 431 g/mol. The molecule has 1 unspecified atom stereocenters. The van der Waals surface area contributed by atoms with Crippen LogP contribution in [0.1, 0.15) is 49.7 Å². The lowest BCUT2D eigenvalue weighted by Crippen LogP contribution is -2.45. The van der Waals surface area contributed by atoms with Crippen molar-refractivity contribution in [3.8, 4) is 5.69 Å². The molecule has 0 radical (unpaired) electrons. The van der Waals surface area contributed by atoms with Crippen LogP contribution < -0.4 is 0 Å². The number of rotatable bonds is 4. The van der Waals surface area contributed by atoms with Gasteiger partial charge in [-0.1, -0.05) is 0 Å². The maximum atomic E-state index is 13.2. The van der Waals surface area contributed by atoms with Gasteiger partial charge in [0.05, 0.1) is 23.1 Å². The average Bonchev–Trinajstić information content (AvgIpc) is 3.08. The van der Waals surface area contributed by atoms with Gasteiger partial charge >= 0.3 is 6.09 Å². The van der Waals surface area contributed by atoms with E-state index in [1.807, 2.05) is 32.6 Å². The standard InChI is InChI=1S/C23H31FN4O3/c1-16-20(13-25-28(16)19-10-8-18(24)9-11-19)21(29)27-12-6-7-17(15-27)14-26(5)22(30)31-23(2,3)4/h8-11,13,17H,6-7,12,14-15H2,1-5H3. The van der Waals surface area contributed by atoms with E-state index in [4.69, 9.17) is 4.74 Å². The lowest BCUT2D eigenvalue weighted by Gasteiger charge is -2.35. The van der Waals surface area contributed by atoms with Crippen molar-refractivity contribution in [1.82, 2.24) is 19.6 Å². The van der Waals surface area contributed by atoms with Gasteiger partial charge in [-0.2, -0.15) is 5.10 Å². The van der Waals surface area contributed by atoms with E-state index in [1.165, 1.54) is 12.1 Å². The van der Waals surface area contributed by atoms with Gasteiger partial charge in [0.2, 0.25) is 0 Å². The highest BCUT2D eigenvalue weighted by atomic mass is 19.1. The van der Waals surface area contributed by atoms with Gasteiger partial charge in [-0.25, -0.2) is 13.9 Å². The first-order valence-corrected chi connectivity index (χ1v) is 10.6. The van der Waals surface area contributed by atoms with E-state index in [9.17, 15) is 14.0 Å². The van der Waals surface area contributed by atoms with Crippen molar-refractivity contribution in [3.63, 3.8) is 0 Å². The molecule has 1 aliphatic heterocycles. The minimum absolute atomic E-state index is 0.0736. The number of amides is 2. The Kier molecular flexibility index (Phi) is 6.67. The fourth-order valence-electron chi connectivity index (χ4n) is 3.83. The number of likely N-dealkylation sites (tertiary alicyclic amines) is 1. The molecule has 0 bridgehead atoms. The summed E-state index contributed by atoms with van der Waals surface area (Å²) in [4.78, 5) is 28.9. The van der Waals surface area contributed by atoms with E-state index >= 15 is 0 Å². The van der Waals surface area contributed by atoms with Crippen LogP contribution in [-0.2, 0) is 4.74 Å². The molecule has 3 rings (SSSR count). The second kappa shape index (κ2) is 9.08. The molecule has 0 aliphatic carbocycles. The Labute approximate surface area is 182 Å². The summed E-state index contributed by atoms with van der Waals surface area (Å²) in [6.07, 6.45) is 3.04. The van der Waals surface area contributed by atoms with E-state index in [0.717, 1.165) is 12.8 Å². The van der Waals surface area contributed by atoms with Crippen molar-refractivity contribution in [3.05, 3.63) is 47.5 Å². The number of carbonyl (C=O) groups is 2. The topological polar surface area (TPSA) is 67.7 Å². The van der Waals surface area contributed by atoms with Crippen molar-refractivity contribution >= 4 is 12.0 Å². The number of halogens is 1. The van der Waals surface area contributed by atoms with Crippen LogP contribution in [0.2, 0.25) is 0 Å². The van der Waals surface area contributed by atoms with Crippen molar-refractivity contribution in [2.24, 2.45) is 5.92 Å². The van der Waals surface area contributed by atoms with Crippen LogP contribution >= 0.6 is 0 Å². The summed E-state index contributed by atoms with van der Waals surface area (Å²) >= 11 is 0. The number of carbonyl (C=O) groups excluding carboxylic acids is 2. The molecular formula is C23H31FN4O3. The van der Waals surface area contributed by atoms with Crippen LogP contribution in [0.3, 0.4) is 0 Å². The Morgan fingerprint density at radius 1 is 1.26 bits per heavy atom. The predicted octanol–water partition coefficient (Wildman–Crippen LogP) is 4.04. The van der Waals surface area contributed by atoms with Crippen LogP contribution in [0, 0.1) is 18.7 Å². The monoisotopic (exact) mass is 430 g/mol. The Morgan fingerprint density at radius 2 is 1.94 bits per heavy atom. The molecule has 1 aliphatic rings. The molecule has 1 aromatic carbocycles. The zero-order valence-corrected chi connectivity index (χ0v) is 18.9. The van der Waals surface area contributed by atoms with Crippen LogP contribution in [0.4, 0.5) is 9.18 Å². The minimum atomic E-state index is -0.540. The van der Waals surface area contributed by atoms with E-state index in [2.05, 4.69) is 5.10 Å². The highest BCUT2D eigenvalue weighted by molar-refractivity contribution is 5.95. The van der Waals surface area contributed by atoms with Crippen molar-refractivity contribution in [2.75, 3.05) is 26.7 Å². The third-order valence-corrected chi connectivity index (χ3v) is 5.35. The third kappa shape index (κ3) is 5.62. The summed E-state index contributed by atoms with van der Waals surface area (Å²) in [6.45, 7) is 9.14. The van der Waals surface area contributed by atoms with Crippen molar-refractivity contribution in [1.29, 1.82) is 0 Å². The number of ether oxygens (including phenoxy) is 1. The number of hydrogen-bond acceptors (Lipinski definition) is 4. The number of benzene rings is 1. The lowest BCUT2D eigenvalue weighted by molar-refractivity contribution is 0.0244. The van der Waals surface area contributed by atoms with Gasteiger partial charge in [0.1, 0.15) is 11.4 Å². The summed E-state index contributed by atoms with van der Waals surface area (Å²) in [6, 6.07) is 6.00. The highest BCUT2D eigenvalue weighted by Crippen LogP contribution is 2.22. The van der Waals surface area contributed by atoms with Gasteiger partial charge in [0.15, 0.2) is 0 Å². The molecular weight excluding hydrogens is 399 g/mol. The van der Waals surface area contributed by atoms with Crippen LogP contribution in [0.5, 0.6) is 0 Å². The van der Waals surface area contributed by atoms with Gasteiger partial charge in [0, 0.05) is 26.7 Å². The number of piperidine rings is 1. The number of aromatic nitrogens is 2. The number of nitrogens with zero attached hydrogens (tertiary/aromatic N) is 4. The minimum Gasteiger partial charge on any atom is -0.444 e. The maximum Gasteiger partial charge on any atom is 0.410 e. The first-order valence-electron chi connectivity index (χ1n) is 10.6. The second-order valence-corrected chi connectivity index (χ2v) is 9.15. The fourth-order valence-corrected chi connectivity index (χ4v) is 3.83. The number of hydrogen-bond donors (Lipinski definition) is 0. The molecule has 168 valence electrons. The fraction of sp³-hybridized carbons (Fsp3) is 0.522. The molecule has 1 aromatic heterocycles. The van der Waals surface area contributed by atoms with E-state index < -0.39 is 5.60 Å². The smallest absolute Gasteiger partial charge is 0.410 e. The molecule has 8 heteroatoms. The molecule has 1 atom stereocenters. The Balaban J connectivity index is 1.66. The zero-order valence-electron chi connectivity index (χ0n) is 18.9. The summed E-state index contributed by atoms with van der Waals surface area (Å²) in [5.74, 6) is -0.210. The first kappa shape index (κ1) is 22.8. The summed E-state index contributed by atoms with van der Waals surface area (Å²) in [5, 5.41) is 4.33. The summed E-state index contributed by atoms with van der Waals surface area (Å²) in [5.41, 5.74) is 1.41. The largest absolute Gasteiger partial charge is 0.444 e.